The predicted octanol–water partition coefficient (Wildman–Crippen LogP) is 3.17. The van der Waals surface area contributed by atoms with Crippen molar-refractivity contribution >= 4 is 16.5 Å². The number of anilines is 1. The number of aryl methyl sites for hydroxylation is 1. The van der Waals surface area contributed by atoms with Crippen LogP contribution < -0.4 is 10.6 Å². The smallest absolute Gasteiger partial charge is 0.185 e. The van der Waals surface area contributed by atoms with Crippen LogP contribution in [0.3, 0.4) is 0 Å². The maximum Gasteiger partial charge on any atom is 0.185 e. The quantitative estimate of drug-likeness (QED) is 0.895. The Labute approximate surface area is 114 Å². The number of piperidine rings is 1. The van der Waals surface area contributed by atoms with Crippen LogP contribution in [0.1, 0.15) is 44.2 Å². The van der Waals surface area contributed by atoms with Crippen LogP contribution in [0.25, 0.3) is 0 Å². The molecule has 0 spiro atoms. The van der Waals surface area contributed by atoms with Crippen LogP contribution in [0.5, 0.6) is 0 Å². The molecule has 0 atom stereocenters. The fourth-order valence-corrected chi connectivity index (χ4v) is 3.67. The van der Waals surface area contributed by atoms with E-state index < -0.39 is 0 Å². The van der Waals surface area contributed by atoms with E-state index in [1.165, 1.54) is 22.9 Å². The molecule has 1 aliphatic rings. The van der Waals surface area contributed by atoms with E-state index in [0.717, 1.165) is 24.7 Å². The van der Waals surface area contributed by atoms with Crippen molar-refractivity contribution in [1.82, 2.24) is 4.98 Å². The van der Waals surface area contributed by atoms with Gasteiger partial charge >= 0.3 is 0 Å². The van der Waals surface area contributed by atoms with Gasteiger partial charge in [0.05, 0.1) is 5.69 Å². The summed E-state index contributed by atoms with van der Waals surface area (Å²) < 4.78 is 0. The minimum Gasteiger partial charge on any atom is -0.348 e. The molecular weight excluding hydrogens is 242 g/mol. The molecule has 0 amide bonds. The lowest BCUT2D eigenvalue weighted by Crippen LogP contribution is -2.37. The largest absolute Gasteiger partial charge is 0.348 e. The Kier molecular flexibility index (Phi) is 3.97. The van der Waals surface area contributed by atoms with Crippen LogP contribution >= 0.6 is 11.3 Å². The van der Waals surface area contributed by atoms with Crippen LogP contribution in [-0.4, -0.2) is 18.1 Å². The van der Waals surface area contributed by atoms with Crippen molar-refractivity contribution in [2.45, 2.75) is 47.1 Å². The maximum atomic E-state index is 5.72. The Morgan fingerprint density at radius 2 is 1.94 bits per heavy atom. The summed E-state index contributed by atoms with van der Waals surface area (Å²) in [6.07, 6.45) is 2.56. The van der Waals surface area contributed by atoms with Gasteiger partial charge in [-0.2, -0.15) is 0 Å². The third kappa shape index (κ3) is 2.86. The molecule has 1 aromatic heterocycles. The molecule has 1 fully saturated rings. The molecule has 0 aromatic carbocycles. The van der Waals surface area contributed by atoms with Gasteiger partial charge < -0.3 is 10.6 Å². The number of rotatable bonds is 2. The van der Waals surface area contributed by atoms with Gasteiger partial charge in [-0.05, 0) is 31.1 Å². The molecule has 0 saturated carbocycles. The van der Waals surface area contributed by atoms with E-state index in [-0.39, 0.29) is 0 Å². The van der Waals surface area contributed by atoms with Gasteiger partial charge in [0.2, 0.25) is 0 Å². The molecule has 4 heteroatoms. The molecule has 1 aliphatic heterocycles. The molecule has 2 heterocycles. The van der Waals surface area contributed by atoms with Crippen molar-refractivity contribution in [2.24, 2.45) is 17.1 Å². The number of thiazole rings is 1. The molecule has 1 saturated heterocycles. The Balaban J connectivity index is 2.01. The fourth-order valence-electron chi connectivity index (χ4n) is 2.67. The predicted molar refractivity (Wildman–Crippen MR) is 79.1 cm³/mol. The lowest BCUT2D eigenvalue weighted by atomic mass is 9.75. The van der Waals surface area contributed by atoms with Gasteiger partial charge in [0.15, 0.2) is 5.13 Å². The monoisotopic (exact) mass is 267 g/mol. The lowest BCUT2D eigenvalue weighted by molar-refractivity contribution is 0.199. The van der Waals surface area contributed by atoms with Gasteiger partial charge in [-0.25, -0.2) is 4.98 Å². The summed E-state index contributed by atoms with van der Waals surface area (Å²) in [6, 6.07) is 0. The Hall–Kier alpha value is -0.610. The molecule has 0 unspecified atom stereocenters. The van der Waals surface area contributed by atoms with E-state index in [9.17, 15) is 0 Å². The van der Waals surface area contributed by atoms with Crippen molar-refractivity contribution in [3.63, 3.8) is 0 Å². The van der Waals surface area contributed by atoms with Crippen LogP contribution in [0.15, 0.2) is 0 Å². The first-order valence-electron chi connectivity index (χ1n) is 6.83. The van der Waals surface area contributed by atoms with Gasteiger partial charge in [0.1, 0.15) is 0 Å². The second kappa shape index (κ2) is 5.17. The molecule has 3 nitrogen and oxygen atoms in total. The fraction of sp³-hybridized carbons (Fsp3) is 0.786. The summed E-state index contributed by atoms with van der Waals surface area (Å²) in [5.41, 5.74) is 7.27. The summed E-state index contributed by atoms with van der Waals surface area (Å²) in [4.78, 5) is 8.31. The van der Waals surface area contributed by atoms with Gasteiger partial charge in [-0.15, -0.1) is 11.3 Å². The highest BCUT2D eigenvalue weighted by Crippen LogP contribution is 2.36. The van der Waals surface area contributed by atoms with Crippen molar-refractivity contribution < 1.29 is 0 Å². The highest BCUT2D eigenvalue weighted by atomic mass is 32.1. The molecule has 2 rings (SSSR count). The lowest BCUT2D eigenvalue weighted by Gasteiger charge is -2.38. The van der Waals surface area contributed by atoms with Gasteiger partial charge in [-0.1, -0.05) is 20.8 Å². The van der Waals surface area contributed by atoms with E-state index in [1.807, 2.05) is 0 Å². The second-order valence-corrected chi connectivity index (χ2v) is 7.40. The van der Waals surface area contributed by atoms with E-state index in [1.54, 1.807) is 11.3 Å². The Morgan fingerprint density at radius 1 is 1.33 bits per heavy atom. The van der Waals surface area contributed by atoms with Crippen LogP contribution in [0.4, 0.5) is 5.13 Å². The molecule has 1 aromatic rings. The molecule has 18 heavy (non-hydrogen) atoms. The molecule has 2 N–H and O–H groups in total. The number of nitrogens with zero attached hydrogens (tertiary/aromatic N) is 2. The number of hydrogen-bond donors (Lipinski definition) is 1. The van der Waals surface area contributed by atoms with E-state index in [4.69, 9.17) is 5.73 Å². The zero-order valence-electron chi connectivity index (χ0n) is 12.0. The second-order valence-electron chi connectivity index (χ2n) is 6.34. The van der Waals surface area contributed by atoms with E-state index in [0.29, 0.717) is 12.0 Å². The standard InChI is InChI=1S/C14H25N3S/c1-10-12(9-15)18-13(16-10)17-7-5-11(6-8-17)14(2,3)4/h11H,5-9,15H2,1-4H3. The Morgan fingerprint density at radius 3 is 2.39 bits per heavy atom. The molecule has 0 bridgehead atoms. The number of nitrogens with two attached hydrogens (primary N) is 1. The summed E-state index contributed by atoms with van der Waals surface area (Å²) in [5.74, 6) is 0.837. The zero-order chi connectivity index (χ0) is 13.3. The summed E-state index contributed by atoms with van der Waals surface area (Å²) in [6.45, 7) is 12.0. The first-order chi connectivity index (χ1) is 8.41. The first-order valence-corrected chi connectivity index (χ1v) is 7.64. The number of aromatic nitrogens is 1. The Bertz CT molecular complexity index is 398. The third-order valence-corrected chi connectivity index (χ3v) is 5.30. The molecular formula is C14H25N3S. The SMILES string of the molecule is Cc1nc(N2CCC(C(C)(C)C)CC2)sc1CN. The van der Waals surface area contributed by atoms with E-state index in [2.05, 4.69) is 37.6 Å². The summed E-state index contributed by atoms with van der Waals surface area (Å²) in [5, 5.41) is 1.17. The van der Waals surface area contributed by atoms with Gasteiger partial charge in [-0.3, -0.25) is 0 Å². The summed E-state index contributed by atoms with van der Waals surface area (Å²) in [7, 11) is 0. The average Bonchev–Trinajstić information content (AvgIpc) is 2.69. The third-order valence-electron chi connectivity index (χ3n) is 4.06. The minimum absolute atomic E-state index is 0.438. The highest BCUT2D eigenvalue weighted by Gasteiger charge is 2.29. The average molecular weight is 267 g/mol. The van der Waals surface area contributed by atoms with Crippen molar-refractivity contribution in [3.8, 4) is 0 Å². The van der Waals surface area contributed by atoms with E-state index >= 15 is 0 Å². The highest BCUT2D eigenvalue weighted by molar-refractivity contribution is 7.15. The van der Waals surface area contributed by atoms with Crippen molar-refractivity contribution in [2.75, 3.05) is 18.0 Å². The molecule has 0 aliphatic carbocycles. The minimum atomic E-state index is 0.438. The van der Waals surface area contributed by atoms with Crippen molar-refractivity contribution in [3.05, 3.63) is 10.6 Å². The first kappa shape index (κ1) is 13.8. The zero-order valence-corrected chi connectivity index (χ0v) is 12.8. The topological polar surface area (TPSA) is 42.2 Å². The van der Waals surface area contributed by atoms with Crippen LogP contribution in [-0.2, 0) is 6.54 Å². The maximum absolute atomic E-state index is 5.72. The number of hydrogen-bond acceptors (Lipinski definition) is 4. The van der Waals surface area contributed by atoms with Gasteiger partial charge in [0, 0.05) is 24.5 Å². The molecule has 0 radical (unpaired) electrons. The normalized spacial score (nSPS) is 18.4. The van der Waals surface area contributed by atoms with Crippen LogP contribution in [0.2, 0.25) is 0 Å². The van der Waals surface area contributed by atoms with Crippen molar-refractivity contribution in [1.29, 1.82) is 0 Å². The van der Waals surface area contributed by atoms with Crippen LogP contribution in [0, 0.1) is 18.3 Å². The molecule has 102 valence electrons. The summed E-state index contributed by atoms with van der Waals surface area (Å²) >= 11 is 1.76. The van der Waals surface area contributed by atoms with Gasteiger partial charge in [0.25, 0.3) is 0 Å².